The van der Waals surface area contributed by atoms with Crippen molar-refractivity contribution in [1.82, 2.24) is 9.55 Å². The van der Waals surface area contributed by atoms with Crippen LogP contribution >= 0.6 is 15.6 Å². The van der Waals surface area contributed by atoms with Gasteiger partial charge >= 0.3 is 33.3 Å². The summed E-state index contributed by atoms with van der Waals surface area (Å²) in [4.78, 5) is 61.6. The molecule has 374 valence electrons. The van der Waals surface area contributed by atoms with E-state index >= 15 is 0 Å². The number of unbranched alkanes of at least 4 members (excludes halogenated alkanes) is 6. The molecule has 0 bridgehead atoms. The number of hydrogen-bond donors (Lipinski definition) is 6. The van der Waals surface area contributed by atoms with Gasteiger partial charge in [-0.2, -0.15) is 9.29 Å². The summed E-state index contributed by atoms with van der Waals surface area (Å²) in [7, 11) is -10.9. The number of esters is 2. The van der Waals surface area contributed by atoms with Gasteiger partial charge in [0.2, 0.25) is 0 Å². The fraction of sp³-hybridized carbons (Fsp3) is 0.644. The molecule has 7 N–H and O–H groups in total. The van der Waals surface area contributed by atoms with Gasteiger partial charge in [-0.25, -0.2) is 13.9 Å². The number of aliphatic hydroxyl groups is 3. The van der Waals surface area contributed by atoms with Crippen LogP contribution in [0.5, 0.6) is 0 Å². The number of carbonyl (C=O) groups excluding carboxylic acids is 2. The molecular weight excluding hydrogens is 900 g/mol. The van der Waals surface area contributed by atoms with Crippen LogP contribution in [-0.2, 0) is 46.3 Å². The highest BCUT2D eigenvalue weighted by Gasteiger charge is 2.46. The van der Waals surface area contributed by atoms with Crippen LogP contribution in [0.25, 0.3) is 0 Å². The molecule has 2 heterocycles. The van der Waals surface area contributed by atoms with Crippen LogP contribution in [0.2, 0.25) is 0 Å². The van der Waals surface area contributed by atoms with Gasteiger partial charge in [-0.1, -0.05) is 126 Å². The van der Waals surface area contributed by atoms with Crippen LogP contribution in [0.15, 0.2) is 77.8 Å². The van der Waals surface area contributed by atoms with E-state index in [1.807, 2.05) is 36.5 Å². The normalized spacial score (nSPS) is 21.2. The molecule has 0 aliphatic carbocycles. The zero-order valence-corrected chi connectivity index (χ0v) is 40.3. The van der Waals surface area contributed by atoms with Crippen molar-refractivity contribution in [3.63, 3.8) is 0 Å². The molecule has 0 amide bonds. The predicted molar refractivity (Wildman–Crippen MR) is 248 cm³/mol. The molecule has 1 saturated heterocycles. The Kier molecular flexibility index (Phi) is 29.3. The summed E-state index contributed by atoms with van der Waals surface area (Å²) in [5.74, 6) is -0.710. The van der Waals surface area contributed by atoms with Crippen LogP contribution in [0.3, 0.4) is 0 Å². The molecule has 0 radical (unpaired) electrons. The summed E-state index contributed by atoms with van der Waals surface area (Å²) in [6, 6.07) is 1.24. The lowest BCUT2D eigenvalue weighted by Crippen LogP contribution is -2.36. The number of carbonyl (C=O) groups is 2. The maximum Gasteiger partial charge on any atom is 0.481 e. The smallest absolute Gasteiger partial charge is 0.462 e. The van der Waals surface area contributed by atoms with Crippen LogP contribution < -0.4 is 11.4 Å². The molecule has 19 nitrogen and oxygen atoms in total. The van der Waals surface area contributed by atoms with Gasteiger partial charge in [0.15, 0.2) is 12.3 Å². The standard InChI is InChI=1S/C45H73N3O16P2/c1-4-6-7-8-16-21-26-36(49)27-22-17-11-9-10-12-19-24-29-41(51)62-37(32-59-40(50)28-23-18-14-13-15-20-25-35(3)5-2)33-60-65(55,56)64-66(57,58)61-34-38-42(52)43(53)44(63-38)48-31-30-39(46)47-45(48)54/h6-7,10-12,16-17,21-22,27,30-31,35-38,42-44,49,52-53H,4-5,8-9,13-15,18-20,23-26,28-29,32-34H2,1-3H3,(H,55,56)(H,57,58)(H2,46,47,54)/b7-6-,12-10-,17-11-,21-16-,27-22+/t35?,36?,37-,38-,42-,43-,44-/m1/s1. The predicted octanol–water partition coefficient (Wildman–Crippen LogP) is 7.21. The molecule has 0 spiro atoms. The van der Waals surface area contributed by atoms with Crippen molar-refractivity contribution >= 4 is 33.4 Å². The third-order valence-electron chi connectivity index (χ3n) is 10.2. The number of phosphoric acid groups is 2. The fourth-order valence-corrected chi connectivity index (χ4v) is 8.40. The van der Waals surface area contributed by atoms with Crippen molar-refractivity contribution in [2.24, 2.45) is 5.92 Å². The van der Waals surface area contributed by atoms with E-state index < -0.39 is 89.8 Å². The molecule has 2 rings (SSSR count). The lowest BCUT2D eigenvalue weighted by atomic mass is 10.00. The number of anilines is 1. The Morgan fingerprint density at radius 1 is 0.864 bits per heavy atom. The van der Waals surface area contributed by atoms with Crippen LogP contribution in [-0.4, -0.2) is 96.9 Å². The second-order valence-corrected chi connectivity index (χ2v) is 19.0. The second kappa shape index (κ2) is 33.0. The molecular formula is C45H73N3O16P2. The first-order chi connectivity index (χ1) is 31.5. The van der Waals surface area contributed by atoms with E-state index in [4.69, 9.17) is 29.0 Å². The Labute approximate surface area is 388 Å². The number of phosphoric ester groups is 2. The van der Waals surface area contributed by atoms with Crippen LogP contribution in [0, 0.1) is 5.92 Å². The fourth-order valence-electron chi connectivity index (χ4n) is 6.29. The number of aliphatic hydroxyl groups excluding tert-OH is 3. The highest BCUT2D eigenvalue weighted by Crippen LogP contribution is 2.60. The number of nitrogen functional groups attached to an aromatic ring is 1. The van der Waals surface area contributed by atoms with Gasteiger partial charge in [-0.3, -0.25) is 23.2 Å². The largest absolute Gasteiger partial charge is 0.481 e. The average molecular weight is 974 g/mol. The first kappa shape index (κ1) is 58.5. The molecule has 1 aromatic heterocycles. The number of nitrogens with zero attached hydrogens (tertiary/aromatic N) is 2. The summed E-state index contributed by atoms with van der Waals surface area (Å²) < 4.78 is 56.4. The Balaban J connectivity index is 1.88. The summed E-state index contributed by atoms with van der Waals surface area (Å²) in [5, 5.41) is 30.9. The van der Waals surface area contributed by atoms with Gasteiger partial charge in [0, 0.05) is 19.0 Å². The van der Waals surface area contributed by atoms with E-state index in [1.165, 1.54) is 18.9 Å². The number of ether oxygens (including phenoxy) is 3. The van der Waals surface area contributed by atoms with Gasteiger partial charge in [-0.15, -0.1) is 0 Å². The van der Waals surface area contributed by atoms with Crippen molar-refractivity contribution in [2.45, 2.75) is 160 Å². The van der Waals surface area contributed by atoms with Crippen molar-refractivity contribution in [1.29, 1.82) is 0 Å². The van der Waals surface area contributed by atoms with Crippen molar-refractivity contribution < 1.29 is 71.4 Å². The Morgan fingerprint density at radius 2 is 1.53 bits per heavy atom. The molecule has 1 fully saturated rings. The van der Waals surface area contributed by atoms with E-state index in [0.29, 0.717) is 38.0 Å². The Bertz CT molecular complexity index is 1870. The average Bonchev–Trinajstić information content (AvgIpc) is 3.54. The first-order valence-corrected chi connectivity index (χ1v) is 25.8. The van der Waals surface area contributed by atoms with Crippen LogP contribution in [0.1, 0.15) is 130 Å². The third kappa shape index (κ3) is 26.1. The third-order valence-corrected chi connectivity index (χ3v) is 12.8. The van der Waals surface area contributed by atoms with E-state index in [2.05, 4.69) is 42.2 Å². The van der Waals surface area contributed by atoms with Crippen LogP contribution in [0.4, 0.5) is 5.82 Å². The summed E-state index contributed by atoms with van der Waals surface area (Å²) in [5.41, 5.74) is 4.56. The minimum absolute atomic E-state index is 0.0625. The highest BCUT2D eigenvalue weighted by atomic mass is 31.3. The molecule has 0 aromatic carbocycles. The first-order valence-electron chi connectivity index (χ1n) is 22.8. The van der Waals surface area contributed by atoms with Crippen molar-refractivity contribution in [3.05, 3.63) is 83.5 Å². The molecule has 1 aliphatic heterocycles. The van der Waals surface area contributed by atoms with E-state index in [9.17, 15) is 48.6 Å². The minimum atomic E-state index is -5.44. The van der Waals surface area contributed by atoms with Gasteiger partial charge < -0.3 is 45.1 Å². The molecule has 0 saturated carbocycles. The minimum Gasteiger partial charge on any atom is -0.462 e. The van der Waals surface area contributed by atoms with E-state index in [0.717, 1.165) is 55.7 Å². The molecule has 4 unspecified atom stereocenters. The molecule has 1 aliphatic rings. The number of allylic oxidation sites excluding steroid dienone is 8. The van der Waals surface area contributed by atoms with Crippen molar-refractivity contribution in [2.75, 3.05) is 25.6 Å². The van der Waals surface area contributed by atoms with Gasteiger partial charge in [0.05, 0.1) is 19.3 Å². The Hall–Kier alpha value is -3.58. The monoisotopic (exact) mass is 973 g/mol. The Morgan fingerprint density at radius 3 is 2.26 bits per heavy atom. The van der Waals surface area contributed by atoms with Gasteiger partial charge in [0.1, 0.15) is 30.7 Å². The molecule has 66 heavy (non-hydrogen) atoms. The topological polar surface area (TPSA) is 286 Å². The number of nitrogens with two attached hydrogens (primary N) is 1. The van der Waals surface area contributed by atoms with Gasteiger partial charge in [0.25, 0.3) is 0 Å². The molecule has 9 atom stereocenters. The molecule has 1 aromatic rings. The lowest BCUT2D eigenvalue weighted by molar-refractivity contribution is -0.161. The summed E-state index contributed by atoms with van der Waals surface area (Å²) >= 11 is 0. The second-order valence-electron chi connectivity index (χ2n) is 16.0. The summed E-state index contributed by atoms with van der Waals surface area (Å²) in [6.45, 7) is 4.10. The maximum atomic E-state index is 12.8. The van der Waals surface area contributed by atoms with E-state index in [1.54, 1.807) is 12.2 Å². The quantitative estimate of drug-likeness (QED) is 0.0129. The number of rotatable bonds is 35. The zero-order chi connectivity index (χ0) is 48.8. The maximum absolute atomic E-state index is 12.8. The molecule has 21 heteroatoms. The van der Waals surface area contributed by atoms with Gasteiger partial charge in [-0.05, 0) is 56.9 Å². The van der Waals surface area contributed by atoms with Crippen molar-refractivity contribution in [3.8, 4) is 0 Å². The highest BCUT2D eigenvalue weighted by molar-refractivity contribution is 7.61. The SMILES string of the molecule is CC/C=C\C/C=C\CC(O)/C=C/C=C\C/C=C\CCCC(=O)O[C@H](COC(=O)CCCCCCCCC(C)CC)COP(=O)(O)OP(=O)(O)OC[C@H]1O[C@@H](n2ccc(N)nc2=O)[C@H](O)[C@@H]1O. The zero-order valence-electron chi connectivity index (χ0n) is 38.5. The number of hydrogen-bond acceptors (Lipinski definition) is 16. The summed E-state index contributed by atoms with van der Waals surface area (Å²) in [6.07, 6.45) is 23.9. The van der Waals surface area contributed by atoms with E-state index in [-0.39, 0.29) is 18.7 Å². The lowest BCUT2D eigenvalue weighted by Gasteiger charge is -2.21. The number of aromatic nitrogens is 2.